The van der Waals surface area contributed by atoms with Gasteiger partial charge in [-0.3, -0.25) is 19.2 Å². The van der Waals surface area contributed by atoms with E-state index in [9.17, 15) is 19.2 Å². The first-order valence-electron chi connectivity index (χ1n) is 9.99. The molecule has 32 heavy (non-hydrogen) atoms. The van der Waals surface area contributed by atoms with Crippen LogP contribution in [0, 0.1) is 0 Å². The summed E-state index contributed by atoms with van der Waals surface area (Å²) in [7, 11) is 2.82. The molecule has 2 aromatic rings. The maximum Gasteiger partial charge on any atom is 0.305 e. The Morgan fingerprint density at radius 1 is 1.00 bits per heavy atom. The van der Waals surface area contributed by atoms with Gasteiger partial charge >= 0.3 is 5.97 Å². The summed E-state index contributed by atoms with van der Waals surface area (Å²) in [6.45, 7) is -0.418. The van der Waals surface area contributed by atoms with E-state index in [-0.39, 0.29) is 38.4 Å². The summed E-state index contributed by atoms with van der Waals surface area (Å²) in [5.41, 5.74) is 0.560. The van der Waals surface area contributed by atoms with E-state index in [0.717, 1.165) is 0 Å². The van der Waals surface area contributed by atoms with Crippen molar-refractivity contribution < 1.29 is 33.1 Å². The van der Waals surface area contributed by atoms with Gasteiger partial charge in [-0.1, -0.05) is 0 Å². The van der Waals surface area contributed by atoms with Crippen LogP contribution in [0.3, 0.4) is 0 Å². The van der Waals surface area contributed by atoms with Gasteiger partial charge in [0, 0.05) is 18.5 Å². The highest BCUT2D eigenvalue weighted by Gasteiger charge is 2.19. The fourth-order valence-electron chi connectivity index (χ4n) is 2.75. The van der Waals surface area contributed by atoms with Crippen molar-refractivity contribution in [2.24, 2.45) is 0 Å². The Labute approximate surface area is 185 Å². The van der Waals surface area contributed by atoms with Crippen LogP contribution in [0.1, 0.15) is 25.0 Å². The molecule has 0 saturated carbocycles. The summed E-state index contributed by atoms with van der Waals surface area (Å²) in [5.74, 6) is -0.465. The molecule has 0 aliphatic rings. The number of nitrogens with one attached hydrogen (secondary N) is 2. The number of carbonyl (C=O) groups is 4. The molecule has 10 heteroatoms. The van der Waals surface area contributed by atoms with Crippen LogP contribution < -0.4 is 15.4 Å². The predicted molar refractivity (Wildman–Crippen MR) is 115 cm³/mol. The normalized spacial score (nSPS) is 10.2. The number of methoxy groups -OCH3 is 2. The van der Waals surface area contributed by atoms with Gasteiger partial charge in [-0.2, -0.15) is 0 Å². The van der Waals surface area contributed by atoms with Gasteiger partial charge in [0.25, 0.3) is 0 Å². The molecule has 1 heterocycles. The van der Waals surface area contributed by atoms with Gasteiger partial charge in [0.15, 0.2) is 0 Å². The van der Waals surface area contributed by atoms with Crippen molar-refractivity contribution in [2.45, 2.75) is 25.8 Å². The maximum absolute atomic E-state index is 12.6. The standard InChI is InChI=1S/C22H27N3O7/c1-30-17-10-8-16(9-11-17)24-19(26)13-23-20(27)15-25(14-18-5-4-12-32-18)21(28)6-3-7-22(29)31-2/h4-5,8-12H,3,6-7,13-15H2,1-2H3,(H,23,27)(H,24,26). The minimum Gasteiger partial charge on any atom is -0.497 e. The van der Waals surface area contributed by atoms with Crippen LogP contribution in [0.4, 0.5) is 5.69 Å². The van der Waals surface area contributed by atoms with Crippen molar-refractivity contribution in [2.75, 3.05) is 32.6 Å². The molecule has 1 aromatic heterocycles. The lowest BCUT2D eigenvalue weighted by molar-refractivity contribution is -0.141. The molecule has 0 spiro atoms. The number of furan rings is 1. The van der Waals surface area contributed by atoms with Crippen molar-refractivity contribution in [1.82, 2.24) is 10.2 Å². The van der Waals surface area contributed by atoms with Crippen LogP contribution in [0.25, 0.3) is 0 Å². The summed E-state index contributed by atoms with van der Waals surface area (Å²) >= 11 is 0. The van der Waals surface area contributed by atoms with Gasteiger partial charge in [-0.15, -0.1) is 0 Å². The van der Waals surface area contributed by atoms with Gasteiger partial charge in [0.05, 0.1) is 33.6 Å². The Morgan fingerprint density at radius 3 is 2.38 bits per heavy atom. The molecule has 3 amide bonds. The van der Waals surface area contributed by atoms with E-state index in [4.69, 9.17) is 9.15 Å². The zero-order chi connectivity index (χ0) is 23.3. The molecular formula is C22H27N3O7. The SMILES string of the molecule is COC(=O)CCCC(=O)N(CC(=O)NCC(=O)Nc1ccc(OC)cc1)Cc1ccco1. The van der Waals surface area contributed by atoms with Crippen LogP contribution in [0.2, 0.25) is 0 Å². The molecule has 0 aliphatic carbocycles. The van der Waals surface area contributed by atoms with E-state index in [1.165, 1.54) is 18.3 Å². The minimum atomic E-state index is -0.497. The van der Waals surface area contributed by atoms with Crippen molar-refractivity contribution in [3.63, 3.8) is 0 Å². The lowest BCUT2D eigenvalue weighted by Gasteiger charge is -2.21. The third-order valence-corrected chi connectivity index (χ3v) is 4.43. The quantitative estimate of drug-likeness (QED) is 0.476. The van der Waals surface area contributed by atoms with E-state index in [0.29, 0.717) is 23.6 Å². The number of rotatable bonds is 12. The molecule has 0 unspecified atom stereocenters. The minimum absolute atomic E-state index is 0.0705. The van der Waals surface area contributed by atoms with E-state index in [1.807, 2.05) is 0 Å². The summed E-state index contributed by atoms with van der Waals surface area (Å²) in [6, 6.07) is 10.1. The lowest BCUT2D eigenvalue weighted by atomic mass is 10.2. The number of hydrogen-bond donors (Lipinski definition) is 2. The number of benzene rings is 1. The Morgan fingerprint density at radius 2 is 1.75 bits per heavy atom. The second-order valence-corrected chi connectivity index (χ2v) is 6.81. The predicted octanol–water partition coefficient (Wildman–Crippen LogP) is 1.72. The fourth-order valence-corrected chi connectivity index (χ4v) is 2.75. The lowest BCUT2D eigenvalue weighted by Crippen LogP contribution is -2.42. The molecular weight excluding hydrogens is 418 g/mol. The van der Waals surface area contributed by atoms with Gasteiger partial charge in [0.2, 0.25) is 17.7 Å². The highest BCUT2D eigenvalue weighted by atomic mass is 16.5. The van der Waals surface area contributed by atoms with Gasteiger partial charge < -0.3 is 29.4 Å². The zero-order valence-electron chi connectivity index (χ0n) is 18.1. The molecule has 10 nitrogen and oxygen atoms in total. The first-order valence-corrected chi connectivity index (χ1v) is 9.99. The third-order valence-electron chi connectivity index (χ3n) is 4.43. The largest absolute Gasteiger partial charge is 0.497 e. The number of hydrogen-bond acceptors (Lipinski definition) is 7. The van der Waals surface area contributed by atoms with Crippen molar-refractivity contribution in [3.05, 3.63) is 48.4 Å². The highest BCUT2D eigenvalue weighted by molar-refractivity contribution is 5.95. The maximum atomic E-state index is 12.6. The Bertz CT molecular complexity index is 895. The monoisotopic (exact) mass is 445 g/mol. The molecule has 0 aliphatic heterocycles. The van der Waals surface area contributed by atoms with Gasteiger partial charge in [-0.25, -0.2) is 0 Å². The molecule has 0 saturated heterocycles. The Kier molecular flexibility index (Phi) is 9.76. The first kappa shape index (κ1) is 24.4. The van der Waals surface area contributed by atoms with E-state index < -0.39 is 17.8 Å². The molecule has 2 rings (SSSR count). The summed E-state index contributed by atoms with van der Waals surface area (Å²) in [4.78, 5) is 49.6. The fraction of sp³-hybridized carbons (Fsp3) is 0.364. The summed E-state index contributed by atoms with van der Waals surface area (Å²) in [6.07, 6.45) is 1.94. The second kappa shape index (κ2) is 12.8. The number of anilines is 1. The van der Waals surface area contributed by atoms with Crippen molar-refractivity contribution >= 4 is 29.4 Å². The average Bonchev–Trinajstić information content (AvgIpc) is 3.30. The van der Waals surface area contributed by atoms with Gasteiger partial charge in [-0.05, 0) is 42.8 Å². The van der Waals surface area contributed by atoms with Crippen LogP contribution >= 0.6 is 0 Å². The highest BCUT2D eigenvalue weighted by Crippen LogP contribution is 2.14. The van der Waals surface area contributed by atoms with Crippen LogP contribution in [0.5, 0.6) is 5.75 Å². The smallest absolute Gasteiger partial charge is 0.305 e. The molecule has 0 radical (unpaired) electrons. The zero-order valence-corrected chi connectivity index (χ0v) is 18.1. The third kappa shape index (κ3) is 8.50. The molecule has 2 N–H and O–H groups in total. The molecule has 1 aromatic carbocycles. The molecule has 0 bridgehead atoms. The molecule has 0 atom stereocenters. The van der Waals surface area contributed by atoms with E-state index >= 15 is 0 Å². The van der Waals surface area contributed by atoms with Crippen molar-refractivity contribution in [3.8, 4) is 5.75 Å². The molecule has 0 fully saturated rings. The van der Waals surface area contributed by atoms with Crippen molar-refractivity contribution in [1.29, 1.82) is 0 Å². The van der Waals surface area contributed by atoms with Gasteiger partial charge in [0.1, 0.15) is 18.1 Å². The van der Waals surface area contributed by atoms with E-state index in [1.54, 1.807) is 43.5 Å². The summed E-state index contributed by atoms with van der Waals surface area (Å²) in [5, 5.41) is 5.16. The number of nitrogens with zero attached hydrogens (tertiary/aromatic N) is 1. The number of amides is 3. The Hall–Kier alpha value is -3.82. The second-order valence-electron chi connectivity index (χ2n) is 6.81. The number of esters is 1. The van der Waals surface area contributed by atoms with Crippen LogP contribution in [-0.2, 0) is 30.5 Å². The topological polar surface area (TPSA) is 127 Å². The average molecular weight is 445 g/mol. The molecule has 172 valence electrons. The van der Waals surface area contributed by atoms with Crippen LogP contribution in [-0.4, -0.2) is 55.9 Å². The number of carbonyl (C=O) groups excluding carboxylic acids is 4. The summed E-state index contributed by atoms with van der Waals surface area (Å²) < 4.78 is 14.9. The van der Waals surface area contributed by atoms with Crippen LogP contribution in [0.15, 0.2) is 47.1 Å². The number of ether oxygens (including phenoxy) is 2. The van der Waals surface area contributed by atoms with E-state index in [2.05, 4.69) is 15.4 Å². The first-order chi connectivity index (χ1) is 15.4. The Balaban J connectivity index is 1.85.